The van der Waals surface area contributed by atoms with Gasteiger partial charge in [0.1, 0.15) is 0 Å². The molecule has 1 aliphatic heterocycles. The van der Waals surface area contributed by atoms with E-state index in [0.29, 0.717) is 12.3 Å². The second kappa shape index (κ2) is 4.44. The maximum Gasteiger partial charge on any atom is 0.307 e. The van der Waals surface area contributed by atoms with Gasteiger partial charge in [-0.2, -0.15) is 0 Å². The number of carboxylic acid groups (broad SMARTS) is 1. The van der Waals surface area contributed by atoms with Crippen molar-refractivity contribution in [2.45, 2.75) is 32.6 Å². The minimum atomic E-state index is -0.804. The fourth-order valence-corrected chi connectivity index (χ4v) is 3.01. The van der Waals surface area contributed by atoms with E-state index >= 15 is 0 Å². The average molecular weight is 225 g/mol. The molecule has 1 saturated heterocycles. The third-order valence-electron chi connectivity index (χ3n) is 3.85. The molecule has 2 fully saturated rings. The van der Waals surface area contributed by atoms with Crippen LogP contribution in [0.3, 0.4) is 0 Å². The van der Waals surface area contributed by atoms with E-state index in [-0.39, 0.29) is 11.8 Å². The Morgan fingerprint density at radius 1 is 1.12 bits per heavy atom. The van der Waals surface area contributed by atoms with Gasteiger partial charge in [-0.3, -0.25) is 9.59 Å². The number of nitrogens with zero attached hydrogens (tertiary/aromatic N) is 1. The molecule has 4 heteroatoms. The lowest BCUT2D eigenvalue weighted by Crippen LogP contribution is -2.37. The van der Waals surface area contributed by atoms with Crippen LogP contribution in [0.2, 0.25) is 0 Å². The number of carbonyl (C=O) groups is 2. The summed E-state index contributed by atoms with van der Waals surface area (Å²) in [5.41, 5.74) is 0. The SMILES string of the molecule is CC1C[C@H](C(=O)N2CCCC2)[C@H](C(=O)O)C1. The molecule has 0 aromatic heterocycles. The van der Waals surface area contributed by atoms with Crippen molar-refractivity contribution in [3.8, 4) is 0 Å². The van der Waals surface area contributed by atoms with Crippen LogP contribution in [0.25, 0.3) is 0 Å². The first-order valence-electron chi connectivity index (χ1n) is 6.11. The van der Waals surface area contributed by atoms with Gasteiger partial charge in [0.05, 0.1) is 11.8 Å². The molecule has 0 radical (unpaired) electrons. The van der Waals surface area contributed by atoms with E-state index in [9.17, 15) is 9.59 Å². The van der Waals surface area contributed by atoms with Crippen LogP contribution in [0.5, 0.6) is 0 Å². The summed E-state index contributed by atoms with van der Waals surface area (Å²) < 4.78 is 0. The number of aliphatic carboxylic acids is 1. The molecule has 0 aromatic carbocycles. The zero-order valence-electron chi connectivity index (χ0n) is 9.69. The number of hydrogen-bond donors (Lipinski definition) is 1. The molecule has 1 heterocycles. The first-order chi connectivity index (χ1) is 7.59. The Balaban J connectivity index is 2.06. The molecule has 0 bridgehead atoms. The number of carbonyl (C=O) groups excluding carboxylic acids is 1. The van der Waals surface area contributed by atoms with Crippen molar-refractivity contribution >= 4 is 11.9 Å². The van der Waals surface area contributed by atoms with Crippen molar-refractivity contribution in [2.24, 2.45) is 17.8 Å². The summed E-state index contributed by atoms with van der Waals surface area (Å²) in [6.45, 7) is 3.67. The van der Waals surface area contributed by atoms with Gasteiger partial charge in [-0.15, -0.1) is 0 Å². The normalized spacial score (nSPS) is 34.3. The van der Waals surface area contributed by atoms with E-state index in [1.54, 1.807) is 0 Å². The highest BCUT2D eigenvalue weighted by Crippen LogP contribution is 2.37. The second-order valence-electron chi connectivity index (χ2n) is 5.16. The predicted molar refractivity (Wildman–Crippen MR) is 58.8 cm³/mol. The van der Waals surface area contributed by atoms with Gasteiger partial charge in [0.2, 0.25) is 5.91 Å². The lowest BCUT2D eigenvalue weighted by atomic mass is 9.95. The molecular weight excluding hydrogens is 206 g/mol. The van der Waals surface area contributed by atoms with Crippen LogP contribution in [-0.2, 0) is 9.59 Å². The summed E-state index contributed by atoms with van der Waals surface area (Å²) in [5.74, 6) is -1.09. The molecule has 2 aliphatic rings. The smallest absolute Gasteiger partial charge is 0.307 e. The number of carboxylic acids is 1. The maximum atomic E-state index is 12.2. The van der Waals surface area contributed by atoms with Gasteiger partial charge in [-0.05, 0) is 31.6 Å². The predicted octanol–water partition coefficient (Wildman–Crippen LogP) is 1.36. The Hall–Kier alpha value is -1.06. The lowest BCUT2D eigenvalue weighted by Gasteiger charge is -2.22. The highest BCUT2D eigenvalue weighted by molar-refractivity contribution is 5.85. The molecule has 1 unspecified atom stereocenters. The van der Waals surface area contributed by atoms with Crippen LogP contribution in [0.4, 0.5) is 0 Å². The van der Waals surface area contributed by atoms with Crippen molar-refractivity contribution in [3.63, 3.8) is 0 Å². The molecular formula is C12H19NO3. The van der Waals surface area contributed by atoms with E-state index in [2.05, 4.69) is 0 Å². The largest absolute Gasteiger partial charge is 0.481 e. The van der Waals surface area contributed by atoms with E-state index in [0.717, 1.165) is 32.4 Å². The topological polar surface area (TPSA) is 57.6 Å². The van der Waals surface area contributed by atoms with Crippen LogP contribution in [0, 0.1) is 17.8 Å². The van der Waals surface area contributed by atoms with Gasteiger partial charge in [0.15, 0.2) is 0 Å². The third-order valence-corrected chi connectivity index (χ3v) is 3.85. The van der Waals surface area contributed by atoms with Crippen molar-refractivity contribution < 1.29 is 14.7 Å². The van der Waals surface area contributed by atoms with Crippen LogP contribution in [-0.4, -0.2) is 35.0 Å². The molecule has 2 rings (SSSR count). The lowest BCUT2D eigenvalue weighted by molar-refractivity contribution is -0.148. The molecule has 90 valence electrons. The molecule has 0 spiro atoms. The Bertz CT molecular complexity index is 297. The number of amides is 1. The molecule has 16 heavy (non-hydrogen) atoms. The number of rotatable bonds is 2. The van der Waals surface area contributed by atoms with Gasteiger partial charge < -0.3 is 10.0 Å². The summed E-state index contributed by atoms with van der Waals surface area (Å²) in [7, 11) is 0. The average Bonchev–Trinajstić information content (AvgIpc) is 2.84. The standard InChI is InChI=1S/C12H19NO3/c1-8-6-9(10(7-8)12(15)16)11(14)13-4-2-3-5-13/h8-10H,2-7H2,1H3,(H,15,16)/t8?,9-,10+/m0/s1. The van der Waals surface area contributed by atoms with Gasteiger partial charge in [0.25, 0.3) is 0 Å². The van der Waals surface area contributed by atoms with Crippen LogP contribution in [0.15, 0.2) is 0 Å². The quantitative estimate of drug-likeness (QED) is 0.772. The minimum Gasteiger partial charge on any atom is -0.481 e. The van der Waals surface area contributed by atoms with Gasteiger partial charge in [-0.1, -0.05) is 6.92 Å². The van der Waals surface area contributed by atoms with E-state index < -0.39 is 11.9 Å². The van der Waals surface area contributed by atoms with Gasteiger partial charge in [-0.25, -0.2) is 0 Å². The monoisotopic (exact) mass is 225 g/mol. The number of hydrogen-bond acceptors (Lipinski definition) is 2. The Labute approximate surface area is 95.6 Å². The van der Waals surface area contributed by atoms with Crippen LogP contribution >= 0.6 is 0 Å². The third kappa shape index (κ3) is 2.06. The van der Waals surface area contributed by atoms with Crippen molar-refractivity contribution in [1.82, 2.24) is 4.90 Å². The molecule has 1 aliphatic carbocycles. The fourth-order valence-electron chi connectivity index (χ4n) is 3.01. The summed E-state index contributed by atoms with van der Waals surface area (Å²) in [5, 5.41) is 9.12. The second-order valence-corrected chi connectivity index (χ2v) is 5.16. The highest BCUT2D eigenvalue weighted by atomic mass is 16.4. The van der Waals surface area contributed by atoms with Gasteiger partial charge in [0, 0.05) is 13.1 Å². The van der Waals surface area contributed by atoms with Crippen molar-refractivity contribution in [2.75, 3.05) is 13.1 Å². The molecule has 1 amide bonds. The Kier molecular flexibility index (Phi) is 3.17. The summed E-state index contributed by atoms with van der Waals surface area (Å²) >= 11 is 0. The molecule has 1 saturated carbocycles. The fraction of sp³-hybridized carbons (Fsp3) is 0.833. The molecule has 1 N–H and O–H groups in total. The summed E-state index contributed by atoms with van der Waals surface area (Å²) in [4.78, 5) is 25.1. The maximum absolute atomic E-state index is 12.2. The Morgan fingerprint density at radius 3 is 2.25 bits per heavy atom. The van der Waals surface area contributed by atoms with Crippen molar-refractivity contribution in [1.29, 1.82) is 0 Å². The molecule has 4 nitrogen and oxygen atoms in total. The van der Waals surface area contributed by atoms with E-state index in [1.165, 1.54) is 0 Å². The summed E-state index contributed by atoms with van der Waals surface area (Å²) in [6.07, 6.45) is 3.52. The zero-order chi connectivity index (χ0) is 11.7. The van der Waals surface area contributed by atoms with Gasteiger partial charge >= 0.3 is 5.97 Å². The van der Waals surface area contributed by atoms with Crippen molar-refractivity contribution in [3.05, 3.63) is 0 Å². The number of likely N-dealkylation sites (tertiary alicyclic amines) is 1. The first-order valence-corrected chi connectivity index (χ1v) is 6.11. The van der Waals surface area contributed by atoms with Crippen LogP contribution in [0.1, 0.15) is 32.6 Å². The van der Waals surface area contributed by atoms with E-state index in [4.69, 9.17) is 5.11 Å². The highest BCUT2D eigenvalue weighted by Gasteiger charge is 2.43. The zero-order valence-corrected chi connectivity index (χ0v) is 9.69. The Morgan fingerprint density at radius 2 is 1.69 bits per heavy atom. The first kappa shape index (κ1) is 11.4. The minimum absolute atomic E-state index is 0.0780. The summed E-state index contributed by atoms with van der Waals surface area (Å²) in [6, 6.07) is 0. The van der Waals surface area contributed by atoms with E-state index in [1.807, 2.05) is 11.8 Å². The molecule has 0 aromatic rings. The van der Waals surface area contributed by atoms with Crippen LogP contribution < -0.4 is 0 Å². The molecule has 3 atom stereocenters.